The van der Waals surface area contributed by atoms with E-state index in [4.69, 9.17) is 4.52 Å². The van der Waals surface area contributed by atoms with Crippen LogP contribution in [-0.2, 0) is 11.3 Å². The Morgan fingerprint density at radius 1 is 0.971 bits per heavy atom. The molecule has 0 spiro atoms. The number of hydrogen-bond donors (Lipinski definition) is 1. The number of rotatable bonds is 10. The molecule has 0 fully saturated rings. The monoisotopic (exact) mass is 462 g/mol. The van der Waals surface area contributed by atoms with Crippen LogP contribution >= 0.6 is 0 Å². The van der Waals surface area contributed by atoms with Gasteiger partial charge in [-0.15, -0.1) is 0 Å². The van der Waals surface area contributed by atoms with E-state index in [1.54, 1.807) is 11.0 Å². The van der Waals surface area contributed by atoms with Gasteiger partial charge < -0.3 is 19.6 Å². The van der Waals surface area contributed by atoms with Crippen molar-refractivity contribution in [2.45, 2.75) is 33.7 Å². The zero-order chi connectivity index (χ0) is 24.7. The third-order valence-corrected chi connectivity index (χ3v) is 5.65. The first kappa shape index (κ1) is 25.2. The van der Waals surface area contributed by atoms with Gasteiger partial charge in [0.25, 0.3) is 5.91 Å². The van der Waals surface area contributed by atoms with Crippen LogP contribution in [0.15, 0.2) is 53.1 Å². The number of aryl methyl sites for hydroxylation is 3. The summed E-state index contributed by atoms with van der Waals surface area (Å²) in [5, 5.41) is 6.99. The highest BCUT2D eigenvalue weighted by Gasteiger charge is 2.22. The molecule has 2 amide bonds. The maximum Gasteiger partial charge on any atom is 0.276 e. The van der Waals surface area contributed by atoms with Crippen molar-refractivity contribution in [2.24, 2.45) is 0 Å². The molecule has 34 heavy (non-hydrogen) atoms. The van der Waals surface area contributed by atoms with Gasteiger partial charge in [-0.25, -0.2) is 0 Å². The van der Waals surface area contributed by atoms with Crippen molar-refractivity contribution in [1.82, 2.24) is 20.3 Å². The SMILES string of the molecule is Cc1cc(C)c(-c2cc(C(=O)N(CCC(=O)NCCN(C)C)Cc3ccccc3)no2)c(C)c1. The Morgan fingerprint density at radius 2 is 1.65 bits per heavy atom. The van der Waals surface area contributed by atoms with Crippen LogP contribution in [0, 0.1) is 20.8 Å². The van der Waals surface area contributed by atoms with Crippen molar-refractivity contribution < 1.29 is 14.1 Å². The molecule has 0 bridgehead atoms. The first-order valence-corrected chi connectivity index (χ1v) is 11.5. The Kier molecular flexibility index (Phi) is 8.60. The van der Waals surface area contributed by atoms with E-state index in [9.17, 15) is 9.59 Å². The zero-order valence-corrected chi connectivity index (χ0v) is 20.7. The second-order valence-electron chi connectivity index (χ2n) is 8.97. The fraction of sp³-hybridized carbons (Fsp3) is 0.370. The number of hydrogen-bond acceptors (Lipinski definition) is 5. The fourth-order valence-electron chi connectivity index (χ4n) is 4.02. The van der Waals surface area contributed by atoms with E-state index in [0.717, 1.165) is 28.8 Å². The fourth-order valence-corrected chi connectivity index (χ4v) is 4.02. The lowest BCUT2D eigenvalue weighted by Crippen LogP contribution is -2.36. The lowest BCUT2D eigenvalue weighted by molar-refractivity contribution is -0.121. The predicted octanol–water partition coefficient (Wildman–Crippen LogP) is 3.98. The van der Waals surface area contributed by atoms with Crippen molar-refractivity contribution in [3.05, 3.63) is 76.5 Å². The molecule has 0 atom stereocenters. The molecule has 0 saturated heterocycles. The van der Waals surface area contributed by atoms with E-state index in [2.05, 4.69) is 29.5 Å². The summed E-state index contributed by atoms with van der Waals surface area (Å²) in [6, 6.07) is 15.6. The molecule has 3 rings (SSSR count). The molecule has 2 aromatic carbocycles. The van der Waals surface area contributed by atoms with Gasteiger partial charge in [0.1, 0.15) is 0 Å². The van der Waals surface area contributed by atoms with Gasteiger partial charge in [0.2, 0.25) is 5.91 Å². The van der Waals surface area contributed by atoms with Crippen LogP contribution in [-0.4, -0.2) is 60.5 Å². The molecule has 3 aromatic rings. The van der Waals surface area contributed by atoms with E-state index >= 15 is 0 Å². The van der Waals surface area contributed by atoms with Crippen molar-refractivity contribution >= 4 is 11.8 Å². The topological polar surface area (TPSA) is 78.7 Å². The number of carbonyl (C=O) groups is 2. The van der Waals surface area contributed by atoms with Crippen molar-refractivity contribution in [3.63, 3.8) is 0 Å². The van der Waals surface area contributed by atoms with Gasteiger partial charge >= 0.3 is 0 Å². The number of nitrogens with one attached hydrogen (secondary N) is 1. The van der Waals surface area contributed by atoms with Crippen LogP contribution in [0.2, 0.25) is 0 Å². The number of carbonyl (C=O) groups excluding carboxylic acids is 2. The molecule has 1 N–H and O–H groups in total. The number of nitrogens with zero attached hydrogens (tertiary/aromatic N) is 3. The van der Waals surface area contributed by atoms with E-state index in [-0.39, 0.29) is 30.5 Å². The number of benzene rings is 2. The Hall–Kier alpha value is -3.45. The summed E-state index contributed by atoms with van der Waals surface area (Å²) in [4.78, 5) is 29.4. The third-order valence-electron chi connectivity index (χ3n) is 5.65. The average Bonchev–Trinajstić information content (AvgIpc) is 3.25. The Labute approximate surface area is 201 Å². The van der Waals surface area contributed by atoms with Crippen molar-refractivity contribution in [2.75, 3.05) is 33.7 Å². The summed E-state index contributed by atoms with van der Waals surface area (Å²) in [5.41, 5.74) is 5.49. The molecular formula is C27H34N4O3. The predicted molar refractivity (Wildman–Crippen MR) is 134 cm³/mol. The Morgan fingerprint density at radius 3 is 2.29 bits per heavy atom. The summed E-state index contributed by atoms with van der Waals surface area (Å²) in [6.07, 6.45) is 0.215. The largest absolute Gasteiger partial charge is 0.355 e. The molecule has 0 aliphatic heterocycles. The molecule has 180 valence electrons. The Bertz CT molecular complexity index is 1100. The molecule has 0 saturated carbocycles. The standard InChI is InChI=1S/C27H34N4O3/c1-19-15-20(2)26(21(3)16-19)24-17-23(29-34-24)27(33)31(18-22-9-7-6-8-10-22)13-11-25(32)28-12-14-30(4)5/h6-10,15-17H,11-14,18H2,1-5H3,(H,28,32). The van der Waals surface area contributed by atoms with Crippen LogP contribution in [0.4, 0.5) is 0 Å². The lowest BCUT2D eigenvalue weighted by Gasteiger charge is -2.21. The van der Waals surface area contributed by atoms with Crippen molar-refractivity contribution in [1.29, 1.82) is 0 Å². The lowest BCUT2D eigenvalue weighted by atomic mass is 9.98. The van der Waals surface area contributed by atoms with Crippen LogP contribution in [0.1, 0.15) is 39.2 Å². The van der Waals surface area contributed by atoms with E-state index in [1.165, 1.54) is 5.56 Å². The highest BCUT2D eigenvalue weighted by molar-refractivity contribution is 5.93. The first-order valence-electron chi connectivity index (χ1n) is 11.5. The Balaban J connectivity index is 1.77. The molecule has 0 aliphatic rings. The summed E-state index contributed by atoms with van der Waals surface area (Å²) in [6.45, 7) is 8.10. The second-order valence-corrected chi connectivity index (χ2v) is 8.97. The molecule has 7 heteroatoms. The molecule has 0 radical (unpaired) electrons. The summed E-state index contributed by atoms with van der Waals surface area (Å²) >= 11 is 0. The summed E-state index contributed by atoms with van der Waals surface area (Å²) in [7, 11) is 3.91. The van der Waals surface area contributed by atoms with Gasteiger partial charge in [0.15, 0.2) is 11.5 Å². The maximum absolute atomic E-state index is 13.4. The molecule has 0 unspecified atom stereocenters. The normalized spacial score (nSPS) is 11.0. The van der Waals surface area contributed by atoms with Gasteiger partial charge in [-0.1, -0.05) is 53.2 Å². The van der Waals surface area contributed by atoms with Crippen LogP contribution in [0.25, 0.3) is 11.3 Å². The minimum atomic E-state index is -0.262. The quantitative estimate of drug-likeness (QED) is 0.493. The van der Waals surface area contributed by atoms with Crippen LogP contribution < -0.4 is 5.32 Å². The zero-order valence-electron chi connectivity index (χ0n) is 20.7. The summed E-state index contributed by atoms with van der Waals surface area (Å²) < 4.78 is 5.59. The average molecular weight is 463 g/mol. The van der Waals surface area contributed by atoms with E-state index in [0.29, 0.717) is 18.8 Å². The van der Waals surface area contributed by atoms with Gasteiger partial charge in [-0.2, -0.15) is 0 Å². The molecular weight excluding hydrogens is 428 g/mol. The van der Waals surface area contributed by atoms with Crippen molar-refractivity contribution in [3.8, 4) is 11.3 Å². The van der Waals surface area contributed by atoms with E-state index < -0.39 is 0 Å². The minimum absolute atomic E-state index is 0.0838. The van der Waals surface area contributed by atoms with Crippen LogP contribution in [0.3, 0.4) is 0 Å². The number of amides is 2. The van der Waals surface area contributed by atoms with Gasteiger partial charge in [-0.3, -0.25) is 9.59 Å². The van der Waals surface area contributed by atoms with E-state index in [1.807, 2.05) is 63.2 Å². The van der Waals surface area contributed by atoms with Gasteiger partial charge in [0.05, 0.1) is 0 Å². The molecule has 1 heterocycles. The highest BCUT2D eigenvalue weighted by atomic mass is 16.5. The molecule has 1 aromatic heterocycles. The van der Waals surface area contributed by atoms with Gasteiger partial charge in [-0.05, 0) is 51.6 Å². The highest BCUT2D eigenvalue weighted by Crippen LogP contribution is 2.29. The van der Waals surface area contributed by atoms with Crippen LogP contribution in [0.5, 0.6) is 0 Å². The molecule has 0 aliphatic carbocycles. The smallest absolute Gasteiger partial charge is 0.276 e. The third kappa shape index (κ3) is 6.78. The number of aromatic nitrogens is 1. The number of likely N-dealkylation sites (N-methyl/N-ethyl adjacent to an activating group) is 1. The minimum Gasteiger partial charge on any atom is -0.355 e. The first-order chi connectivity index (χ1) is 16.2. The summed E-state index contributed by atoms with van der Waals surface area (Å²) in [5.74, 6) is 0.223. The van der Waals surface area contributed by atoms with Gasteiger partial charge in [0, 0.05) is 44.2 Å². The maximum atomic E-state index is 13.4. The second kappa shape index (κ2) is 11.6. The molecule has 7 nitrogen and oxygen atoms in total.